The minimum atomic E-state index is -1.22. The summed E-state index contributed by atoms with van der Waals surface area (Å²) in [6.45, 7) is 5.33. The highest BCUT2D eigenvalue weighted by atomic mass is 16.4. The van der Waals surface area contributed by atoms with Gasteiger partial charge in [0.25, 0.3) is 0 Å². The molecule has 0 radical (unpaired) electrons. The molecular weight excluding hydrogens is 276 g/mol. The summed E-state index contributed by atoms with van der Waals surface area (Å²) in [5.74, 6) is -1.02. The first-order chi connectivity index (χ1) is 9.93. The second-order valence-electron chi connectivity index (χ2n) is 5.50. The van der Waals surface area contributed by atoms with Gasteiger partial charge in [0.05, 0.1) is 6.04 Å². The molecule has 0 aromatic heterocycles. The molecule has 2 aliphatic heterocycles. The van der Waals surface area contributed by atoms with Crippen molar-refractivity contribution in [2.24, 2.45) is 0 Å². The van der Waals surface area contributed by atoms with Crippen LogP contribution in [-0.4, -0.2) is 70.7 Å². The molecular formula is C13H22N4O4. The van der Waals surface area contributed by atoms with Gasteiger partial charge in [0.2, 0.25) is 0 Å². The molecule has 0 bridgehead atoms. The van der Waals surface area contributed by atoms with Crippen molar-refractivity contribution in [3.05, 3.63) is 0 Å². The average Bonchev–Trinajstić information content (AvgIpc) is 2.85. The maximum absolute atomic E-state index is 12.3. The molecule has 4 amide bonds. The molecule has 21 heavy (non-hydrogen) atoms. The van der Waals surface area contributed by atoms with Crippen LogP contribution < -0.4 is 10.6 Å². The Morgan fingerprint density at radius 3 is 2.62 bits per heavy atom. The van der Waals surface area contributed by atoms with Crippen LogP contribution in [0, 0.1) is 0 Å². The number of carbonyl (C=O) groups excluding carboxylic acids is 2. The van der Waals surface area contributed by atoms with Crippen LogP contribution in [-0.2, 0) is 4.79 Å². The molecule has 1 unspecified atom stereocenters. The summed E-state index contributed by atoms with van der Waals surface area (Å²) >= 11 is 0. The monoisotopic (exact) mass is 298 g/mol. The smallest absolute Gasteiger partial charge is 0.329 e. The molecule has 0 aliphatic carbocycles. The lowest BCUT2D eigenvalue weighted by Crippen LogP contribution is -2.61. The summed E-state index contributed by atoms with van der Waals surface area (Å²) in [4.78, 5) is 38.6. The van der Waals surface area contributed by atoms with Gasteiger partial charge in [0.1, 0.15) is 5.54 Å². The van der Waals surface area contributed by atoms with Gasteiger partial charge in [-0.3, -0.25) is 0 Å². The van der Waals surface area contributed by atoms with Crippen molar-refractivity contribution in [1.29, 1.82) is 0 Å². The number of urea groups is 2. The van der Waals surface area contributed by atoms with Crippen LogP contribution in [0.3, 0.4) is 0 Å². The lowest BCUT2D eigenvalue weighted by atomic mass is 9.93. The van der Waals surface area contributed by atoms with Crippen molar-refractivity contribution in [1.82, 2.24) is 20.4 Å². The van der Waals surface area contributed by atoms with Crippen molar-refractivity contribution in [2.45, 2.75) is 38.3 Å². The Hall–Kier alpha value is -1.99. The summed E-state index contributed by atoms with van der Waals surface area (Å²) in [7, 11) is 0. The SMILES string of the molecule is CCC(CC)(NC(=O)N1CCN2C(=O)NCC2C1)C(=O)O. The van der Waals surface area contributed by atoms with E-state index >= 15 is 0 Å². The molecule has 2 fully saturated rings. The van der Waals surface area contributed by atoms with E-state index in [0.717, 1.165) is 0 Å². The minimum absolute atomic E-state index is 0.0283. The molecule has 2 aliphatic rings. The lowest BCUT2D eigenvalue weighted by Gasteiger charge is -2.38. The predicted molar refractivity (Wildman–Crippen MR) is 74.9 cm³/mol. The number of piperazine rings is 1. The minimum Gasteiger partial charge on any atom is -0.480 e. The zero-order valence-electron chi connectivity index (χ0n) is 12.4. The van der Waals surface area contributed by atoms with Gasteiger partial charge in [-0.25, -0.2) is 14.4 Å². The number of hydrogen-bond acceptors (Lipinski definition) is 3. The van der Waals surface area contributed by atoms with Gasteiger partial charge in [0.15, 0.2) is 0 Å². The molecule has 0 spiro atoms. The van der Waals surface area contributed by atoms with Crippen LogP contribution in [0.4, 0.5) is 9.59 Å². The van der Waals surface area contributed by atoms with E-state index in [-0.39, 0.29) is 18.1 Å². The first-order valence-corrected chi connectivity index (χ1v) is 7.28. The maximum atomic E-state index is 12.3. The van der Waals surface area contributed by atoms with Gasteiger partial charge in [-0.2, -0.15) is 0 Å². The van der Waals surface area contributed by atoms with Crippen molar-refractivity contribution in [3.8, 4) is 0 Å². The fourth-order valence-electron chi connectivity index (χ4n) is 2.85. The van der Waals surface area contributed by atoms with E-state index in [4.69, 9.17) is 0 Å². The Balaban J connectivity index is 2.01. The van der Waals surface area contributed by atoms with Gasteiger partial charge in [0, 0.05) is 26.2 Å². The molecule has 0 aromatic carbocycles. The number of hydrogen-bond donors (Lipinski definition) is 3. The third kappa shape index (κ3) is 2.74. The number of carboxylic acid groups (broad SMARTS) is 1. The second kappa shape index (κ2) is 5.79. The fraction of sp³-hybridized carbons (Fsp3) is 0.769. The summed E-state index contributed by atoms with van der Waals surface area (Å²) in [5.41, 5.74) is -1.22. The third-order valence-corrected chi connectivity index (χ3v) is 4.48. The number of aliphatic carboxylic acids is 1. The van der Waals surface area contributed by atoms with Crippen LogP contribution in [0.25, 0.3) is 0 Å². The Morgan fingerprint density at radius 2 is 2.05 bits per heavy atom. The first kappa shape index (κ1) is 15.4. The molecule has 0 aromatic rings. The molecule has 118 valence electrons. The van der Waals surface area contributed by atoms with Crippen LogP contribution >= 0.6 is 0 Å². The van der Waals surface area contributed by atoms with Crippen LogP contribution in [0.1, 0.15) is 26.7 Å². The standard InChI is InChI=1S/C13H22N4O4/c1-3-13(4-2,10(18)19)15-12(21)16-5-6-17-9(8-16)7-14-11(17)20/h9H,3-8H2,1-2H3,(H,14,20)(H,15,21)(H,18,19). The molecule has 2 rings (SSSR count). The highest BCUT2D eigenvalue weighted by Crippen LogP contribution is 2.18. The Bertz CT molecular complexity index is 449. The average molecular weight is 298 g/mol. The number of fused-ring (bicyclic) bond motifs is 1. The summed E-state index contributed by atoms with van der Waals surface area (Å²) in [5, 5.41) is 14.8. The second-order valence-corrected chi connectivity index (χ2v) is 5.50. The zero-order valence-corrected chi connectivity index (χ0v) is 12.4. The summed E-state index contributed by atoms with van der Waals surface area (Å²) in [6, 6.07) is -0.498. The summed E-state index contributed by atoms with van der Waals surface area (Å²) in [6.07, 6.45) is 0.655. The predicted octanol–water partition coefficient (Wildman–Crippen LogP) is 0.0488. The van der Waals surface area contributed by atoms with Crippen molar-refractivity contribution < 1.29 is 19.5 Å². The lowest BCUT2D eigenvalue weighted by molar-refractivity contribution is -0.144. The number of carbonyl (C=O) groups is 3. The number of amides is 4. The van der Waals surface area contributed by atoms with E-state index in [9.17, 15) is 19.5 Å². The zero-order chi connectivity index (χ0) is 15.6. The van der Waals surface area contributed by atoms with E-state index in [1.165, 1.54) is 0 Å². The van der Waals surface area contributed by atoms with Crippen molar-refractivity contribution >= 4 is 18.0 Å². The van der Waals surface area contributed by atoms with E-state index in [1.807, 2.05) is 0 Å². The van der Waals surface area contributed by atoms with E-state index in [0.29, 0.717) is 39.0 Å². The van der Waals surface area contributed by atoms with E-state index in [2.05, 4.69) is 10.6 Å². The molecule has 0 saturated carbocycles. The normalized spacial score (nSPS) is 21.8. The highest BCUT2D eigenvalue weighted by molar-refractivity contribution is 5.86. The Kier molecular flexibility index (Phi) is 4.24. The molecule has 1 atom stereocenters. The highest BCUT2D eigenvalue weighted by Gasteiger charge is 2.41. The van der Waals surface area contributed by atoms with E-state index < -0.39 is 11.5 Å². The van der Waals surface area contributed by atoms with Gasteiger partial charge >= 0.3 is 18.0 Å². The number of nitrogens with one attached hydrogen (secondary N) is 2. The largest absolute Gasteiger partial charge is 0.480 e. The first-order valence-electron chi connectivity index (χ1n) is 7.28. The molecule has 2 saturated heterocycles. The van der Waals surface area contributed by atoms with Gasteiger partial charge in [-0.1, -0.05) is 13.8 Å². The number of nitrogens with zero attached hydrogens (tertiary/aromatic N) is 2. The van der Waals surface area contributed by atoms with E-state index in [1.54, 1.807) is 23.6 Å². The summed E-state index contributed by atoms with van der Waals surface area (Å²) < 4.78 is 0. The van der Waals surface area contributed by atoms with Gasteiger partial charge < -0.3 is 25.5 Å². The fourth-order valence-corrected chi connectivity index (χ4v) is 2.85. The van der Waals surface area contributed by atoms with Crippen molar-refractivity contribution in [3.63, 3.8) is 0 Å². The quantitative estimate of drug-likeness (QED) is 0.682. The number of carboxylic acids is 1. The third-order valence-electron chi connectivity index (χ3n) is 4.48. The van der Waals surface area contributed by atoms with Gasteiger partial charge in [-0.15, -0.1) is 0 Å². The maximum Gasteiger partial charge on any atom is 0.329 e. The Morgan fingerprint density at radius 1 is 1.38 bits per heavy atom. The van der Waals surface area contributed by atoms with Crippen LogP contribution in [0.5, 0.6) is 0 Å². The Labute approximate surface area is 123 Å². The topological polar surface area (TPSA) is 102 Å². The molecule has 8 heteroatoms. The van der Waals surface area contributed by atoms with Crippen LogP contribution in [0.2, 0.25) is 0 Å². The molecule has 8 nitrogen and oxygen atoms in total. The van der Waals surface area contributed by atoms with Crippen LogP contribution in [0.15, 0.2) is 0 Å². The molecule has 2 heterocycles. The van der Waals surface area contributed by atoms with Gasteiger partial charge in [-0.05, 0) is 12.8 Å². The van der Waals surface area contributed by atoms with Crippen molar-refractivity contribution in [2.75, 3.05) is 26.2 Å². The number of rotatable bonds is 4. The molecule has 3 N–H and O–H groups in total.